The Morgan fingerprint density at radius 1 is 0.500 bits per heavy atom. The maximum atomic E-state index is 2.80. The van der Waals surface area contributed by atoms with Crippen molar-refractivity contribution in [2.24, 2.45) is 0 Å². The van der Waals surface area contributed by atoms with Crippen LogP contribution in [0.25, 0.3) is 22.3 Å². The number of hydrogen-bond acceptors (Lipinski definition) is 0. The lowest BCUT2D eigenvalue weighted by Gasteiger charge is -2.12. The highest BCUT2D eigenvalue weighted by Crippen LogP contribution is 2.28. The molecular weight excluding hydrogens is 484 g/mol. The monoisotopic (exact) mass is 520 g/mol. The average Bonchev–Trinajstić information content (AvgIpc) is 2.85. The Morgan fingerprint density at radius 3 is 1.53 bits per heavy atom. The summed E-state index contributed by atoms with van der Waals surface area (Å²) in [5, 5.41) is 2.51. The summed E-state index contributed by atoms with van der Waals surface area (Å²) in [6.45, 7) is 8.80. The molecular formula is C30H36P4. The number of hydrogen-bond donors (Lipinski definition) is 0. The molecule has 0 aliphatic heterocycles. The van der Waals surface area contributed by atoms with Gasteiger partial charge in [-0.2, -0.15) is 0 Å². The van der Waals surface area contributed by atoms with Crippen LogP contribution in [0.3, 0.4) is 0 Å². The molecule has 0 fully saturated rings. The summed E-state index contributed by atoms with van der Waals surface area (Å²) in [5.41, 5.74) is 13.6. The van der Waals surface area contributed by atoms with Crippen LogP contribution in [0.1, 0.15) is 33.4 Å². The van der Waals surface area contributed by atoms with Crippen molar-refractivity contribution in [1.29, 1.82) is 0 Å². The lowest BCUT2D eigenvalue weighted by atomic mass is 9.94. The minimum atomic E-state index is 1.02. The predicted octanol–water partition coefficient (Wildman–Crippen LogP) is 7.69. The van der Waals surface area contributed by atoms with Gasteiger partial charge in [-0.15, -0.1) is 37.0 Å². The Labute approximate surface area is 215 Å². The molecule has 4 rings (SSSR count). The largest absolute Gasteiger partial charge is 0.133 e. The zero-order valence-corrected chi connectivity index (χ0v) is 25.3. The van der Waals surface area contributed by atoms with E-state index in [9.17, 15) is 0 Å². The molecule has 4 aromatic rings. The van der Waals surface area contributed by atoms with Crippen LogP contribution < -0.4 is 10.6 Å². The van der Waals surface area contributed by atoms with E-state index < -0.39 is 0 Å². The summed E-state index contributed by atoms with van der Waals surface area (Å²) in [6, 6.07) is 26.3. The molecule has 0 radical (unpaired) electrons. The first-order valence-corrected chi connectivity index (χ1v) is 14.4. The lowest BCUT2D eigenvalue weighted by Crippen LogP contribution is -2.00. The molecule has 0 nitrogen and oxygen atoms in total. The van der Waals surface area contributed by atoms with Crippen molar-refractivity contribution in [2.45, 2.75) is 40.0 Å². The van der Waals surface area contributed by atoms with Crippen LogP contribution in [0, 0.1) is 27.7 Å². The molecule has 0 aromatic heterocycles. The second-order valence-corrected chi connectivity index (χ2v) is 10.8. The van der Waals surface area contributed by atoms with Gasteiger partial charge in [-0.05, 0) is 106 Å². The Balaban J connectivity index is 0.000000191. The van der Waals surface area contributed by atoms with Crippen LogP contribution in [0.15, 0.2) is 72.8 Å². The Morgan fingerprint density at radius 2 is 1.00 bits per heavy atom. The van der Waals surface area contributed by atoms with Crippen molar-refractivity contribution in [1.82, 2.24) is 0 Å². The third kappa shape index (κ3) is 6.42. The molecule has 4 unspecified atom stereocenters. The normalized spacial score (nSPS) is 10.6. The highest BCUT2D eigenvalue weighted by molar-refractivity contribution is 7.27. The Kier molecular flexibility index (Phi) is 10.0. The van der Waals surface area contributed by atoms with E-state index in [1.54, 1.807) is 0 Å². The second kappa shape index (κ2) is 12.5. The van der Waals surface area contributed by atoms with Gasteiger partial charge in [0.05, 0.1) is 0 Å². The van der Waals surface area contributed by atoms with Crippen LogP contribution in [-0.4, -0.2) is 0 Å². The van der Waals surface area contributed by atoms with Gasteiger partial charge in [0.2, 0.25) is 0 Å². The van der Waals surface area contributed by atoms with Crippen LogP contribution in [0.4, 0.5) is 0 Å². The molecule has 0 saturated heterocycles. The fourth-order valence-electron chi connectivity index (χ4n) is 4.05. The fourth-order valence-corrected chi connectivity index (χ4v) is 5.27. The van der Waals surface area contributed by atoms with Crippen molar-refractivity contribution >= 4 is 47.6 Å². The van der Waals surface area contributed by atoms with Gasteiger partial charge in [0, 0.05) is 0 Å². The topological polar surface area (TPSA) is 0 Å². The molecule has 0 bridgehead atoms. The van der Waals surface area contributed by atoms with Crippen LogP contribution in [0.2, 0.25) is 0 Å². The van der Waals surface area contributed by atoms with Gasteiger partial charge in [-0.25, -0.2) is 0 Å². The van der Waals surface area contributed by atoms with Gasteiger partial charge in [-0.3, -0.25) is 0 Å². The van der Waals surface area contributed by atoms with E-state index in [0.717, 1.165) is 12.3 Å². The first-order valence-electron chi connectivity index (χ1n) is 11.6. The predicted molar refractivity (Wildman–Crippen MR) is 168 cm³/mol. The third-order valence-electron chi connectivity index (χ3n) is 6.67. The Bertz CT molecular complexity index is 1260. The molecule has 4 heteroatoms. The van der Waals surface area contributed by atoms with Crippen LogP contribution >= 0.6 is 37.0 Å². The van der Waals surface area contributed by atoms with Crippen molar-refractivity contribution in [2.75, 3.05) is 0 Å². The molecule has 0 saturated carbocycles. The van der Waals surface area contributed by atoms with Gasteiger partial charge >= 0.3 is 0 Å². The average molecular weight is 521 g/mol. The summed E-state index contributed by atoms with van der Waals surface area (Å²) >= 11 is 0. The van der Waals surface area contributed by atoms with Gasteiger partial charge < -0.3 is 0 Å². The van der Waals surface area contributed by atoms with E-state index in [-0.39, 0.29) is 0 Å². The smallest absolute Gasteiger partial charge is 0.0126 e. The minimum Gasteiger partial charge on any atom is -0.133 e. The first-order chi connectivity index (χ1) is 16.3. The zero-order chi connectivity index (χ0) is 24.8. The van der Waals surface area contributed by atoms with E-state index in [2.05, 4.69) is 137 Å². The second-order valence-electron chi connectivity index (χ2n) is 8.70. The van der Waals surface area contributed by atoms with Crippen molar-refractivity contribution in [3.05, 3.63) is 106 Å². The molecule has 0 heterocycles. The third-order valence-corrected chi connectivity index (χ3v) is 8.59. The molecule has 176 valence electrons. The summed E-state index contributed by atoms with van der Waals surface area (Å²) < 4.78 is 0. The van der Waals surface area contributed by atoms with Crippen molar-refractivity contribution in [3.8, 4) is 22.3 Å². The molecule has 4 atom stereocenters. The van der Waals surface area contributed by atoms with E-state index in [4.69, 9.17) is 0 Å². The van der Waals surface area contributed by atoms with E-state index in [0.29, 0.717) is 0 Å². The minimum absolute atomic E-state index is 1.02. The molecule has 4 aromatic carbocycles. The standard InChI is InChI=1S/2C15H18P2/c1-10-11(2)15(8-5-13(10)9-16)12-3-6-14(17)7-4-12;1-10-11(2)15(17)8-7-14(10)13-5-3-12(9-16)4-6-13/h2*3-8H,9,16-17H2,1-2H3. The quantitative estimate of drug-likeness (QED) is 0.242. The zero-order valence-electron chi connectivity index (χ0n) is 20.7. The lowest BCUT2D eigenvalue weighted by molar-refractivity contribution is 1.25. The maximum Gasteiger partial charge on any atom is -0.0126 e. The Hall–Kier alpha value is -1.40. The molecule has 0 aliphatic rings. The summed E-state index contributed by atoms with van der Waals surface area (Å²) in [6.07, 6.45) is 2.04. The SMILES string of the molecule is Cc1c(CP)ccc(-c2ccc(P)cc2)c1C.Cc1c(P)ccc(-c2ccc(CP)cc2)c1C. The van der Waals surface area contributed by atoms with Crippen molar-refractivity contribution in [3.63, 3.8) is 0 Å². The number of rotatable bonds is 4. The summed E-state index contributed by atoms with van der Waals surface area (Å²) in [5.74, 6) is 0. The van der Waals surface area contributed by atoms with Gasteiger partial charge in [0.25, 0.3) is 0 Å². The van der Waals surface area contributed by atoms with Crippen molar-refractivity contribution < 1.29 is 0 Å². The van der Waals surface area contributed by atoms with Crippen LogP contribution in [0.5, 0.6) is 0 Å². The molecule has 0 N–H and O–H groups in total. The molecule has 34 heavy (non-hydrogen) atoms. The van der Waals surface area contributed by atoms with E-state index in [1.165, 1.54) is 66.2 Å². The highest BCUT2D eigenvalue weighted by Gasteiger charge is 2.07. The fraction of sp³-hybridized carbons (Fsp3) is 0.200. The molecule has 0 aliphatic carbocycles. The van der Waals surface area contributed by atoms with Gasteiger partial charge in [0.15, 0.2) is 0 Å². The summed E-state index contributed by atoms with van der Waals surface area (Å²) in [4.78, 5) is 0. The van der Waals surface area contributed by atoms with Crippen LogP contribution in [-0.2, 0) is 12.3 Å². The van der Waals surface area contributed by atoms with E-state index in [1.807, 2.05) is 0 Å². The maximum absolute atomic E-state index is 2.80. The highest BCUT2D eigenvalue weighted by atomic mass is 31.0. The molecule has 0 amide bonds. The van der Waals surface area contributed by atoms with E-state index >= 15 is 0 Å². The van der Waals surface area contributed by atoms with Gasteiger partial charge in [0.1, 0.15) is 0 Å². The summed E-state index contributed by atoms with van der Waals surface area (Å²) in [7, 11) is 11.1. The number of benzene rings is 4. The molecule has 0 spiro atoms. The van der Waals surface area contributed by atoms with Gasteiger partial charge in [-0.1, -0.05) is 72.8 Å². The first kappa shape index (κ1) is 27.2.